The van der Waals surface area contributed by atoms with E-state index in [1.165, 1.54) is 16.3 Å². The summed E-state index contributed by atoms with van der Waals surface area (Å²) in [5, 5.41) is 2.64. The average molecular weight is 169 g/mol. The minimum Gasteiger partial charge on any atom is -0.0613 e. The van der Waals surface area contributed by atoms with Gasteiger partial charge in [0.05, 0.1) is 0 Å². The Labute approximate surface area is 79.2 Å². The zero-order valence-corrected chi connectivity index (χ0v) is 8.04. The third-order valence-corrected chi connectivity index (χ3v) is 2.38. The Morgan fingerprint density at radius 3 is 2.77 bits per heavy atom. The summed E-state index contributed by atoms with van der Waals surface area (Å²) in [5.74, 6) is 0.583. The molecule has 0 fully saturated rings. The van der Waals surface area contributed by atoms with Crippen LogP contribution in [0.15, 0.2) is 36.4 Å². The van der Waals surface area contributed by atoms with Crippen molar-refractivity contribution in [2.75, 3.05) is 0 Å². The first-order chi connectivity index (χ1) is 6.29. The number of fused-ring (bicyclic) bond motifs is 1. The molecule has 0 heteroatoms. The molecule has 0 aromatic heterocycles. The highest BCUT2D eigenvalue weighted by atomic mass is 14.1. The standard InChI is InChI=1S/C13H13/c1-10(2)12-9-5-7-11-6-3-4-8-13(11)12/h3,5-10H,1-2H3. The van der Waals surface area contributed by atoms with Crippen molar-refractivity contribution in [3.63, 3.8) is 0 Å². The van der Waals surface area contributed by atoms with Gasteiger partial charge in [-0.05, 0) is 34.4 Å². The SMILES string of the molecule is CC(C)c1cccc2cc[c]cc12. The van der Waals surface area contributed by atoms with E-state index in [-0.39, 0.29) is 0 Å². The lowest BCUT2D eigenvalue weighted by molar-refractivity contribution is 0.876. The molecule has 0 unspecified atom stereocenters. The summed E-state index contributed by atoms with van der Waals surface area (Å²) in [7, 11) is 0. The van der Waals surface area contributed by atoms with Gasteiger partial charge in [0, 0.05) is 0 Å². The summed E-state index contributed by atoms with van der Waals surface area (Å²) in [6.45, 7) is 4.45. The van der Waals surface area contributed by atoms with Gasteiger partial charge in [0.1, 0.15) is 0 Å². The molecule has 0 aliphatic carbocycles. The third-order valence-electron chi connectivity index (χ3n) is 2.38. The smallest absolute Gasteiger partial charge is 0.0143 e. The van der Waals surface area contributed by atoms with Gasteiger partial charge in [0.25, 0.3) is 0 Å². The molecule has 0 atom stereocenters. The van der Waals surface area contributed by atoms with Crippen LogP contribution in [0.4, 0.5) is 0 Å². The van der Waals surface area contributed by atoms with Gasteiger partial charge >= 0.3 is 0 Å². The average Bonchev–Trinajstić information content (AvgIpc) is 2.17. The highest BCUT2D eigenvalue weighted by molar-refractivity contribution is 5.85. The summed E-state index contributed by atoms with van der Waals surface area (Å²) in [5.41, 5.74) is 1.41. The van der Waals surface area contributed by atoms with E-state index in [0.29, 0.717) is 5.92 Å². The minimum absolute atomic E-state index is 0.583. The molecule has 0 nitrogen and oxygen atoms in total. The van der Waals surface area contributed by atoms with Crippen LogP contribution < -0.4 is 0 Å². The van der Waals surface area contributed by atoms with Crippen molar-refractivity contribution in [1.82, 2.24) is 0 Å². The highest BCUT2D eigenvalue weighted by Gasteiger charge is 2.02. The molecule has 1 radical (unpaired) electrons. The van der Waals surface area contributed by atoms with Crippen molar-refractivity contribution in [1.29, 1.82) is 0 Å². The number of hydrogen-bond donors (Lipinski definition) is 0. The fraction of sp³-hybridized carbons (Fsp3) is 0.231. The lowest BCUT2D eigenvalue weighted by atomic mass is 9.96. The maximum atomic E-state index is 3.13. The number of rotatable bonds is 1. The second kappa shape index (κ2) is 3.21. The van der Waals surface area contributed by atoms with Crippen LogP contribution in [0, 0.1) is 6.07 Å². The molecule has 2 aromatic rings. The van der Waals surface area contributed by atoms with Crippen LogP contribution in [0.3, 0.4) is 0 Å². The predicted octanol–water partition coefficient (Wildman–Crippen LogP) is 3.76. The van der Waals surface area contributed by atoms with E-state index in [9.17, 15) is 0 Å². The molecule has 2 rings (SSSR count). The normalized spacial score (nSPS) is 11.0. The largest absolute Gasteiger partial charge is 0.0613 e. The fourth-order valence-electron chi connectivity index (χ4n) is 1.69. The van der Waals surface area contributed by atoms with E-state index in [2.05, 4.69) is 50.2 Å². The molecule has 0 saturated carbocycles. The Morgan fingerprint density at radius 2 is 2.00 bits per heavy atom. The van der Waals surface area contributed by atoms with E-state index >= 15 is 0 Å². The lowest BCUT2D eigenvalue weighted by Gasteiger charge is -2.08. The third kappa shape index (κ3) is 1.44. The van der Waals surface area contributed by atoms with Crippen molar-refractivity contribution < 1.29 is 0 Å². The first kappa shape index (κ1) is 8.31. The maximum absolute atomic E-state index is 3.13. The van der Waals surface area contributed by atoms with Crippen molar-refractivity contribution >= 4 is 10.8 Å². The van der Waals surface area contributed by atoms with Crippen LogP contribution in [0.25, 0.3) is 10.8 Å². The van der Waals surface area contributed by atoms with E-state index < -0.39 is 0 Å². The lowest BCUT2D eigenvalue weighted by Crippen LogP contribution is -1.88. The van der Waals surface area contributed by atoms with Gasteiger partial charge in [-0.15, -0.1) is 0 Å². The minimum atomic E-state index is 0.583. The van der Waals surface area contributed by atoms with Gasteiger partial charge in [0.2, 0.25) is 0 Å². The van der Waals surface area contributed by atoms with Crippen LogP contribution in [0.1, 0.15) is 25.3 Å². The molecule has 2 aromatic carbocycles. The van der Waals surface area contributed by atoms with E-state index in [4.69, 9.17) is 0 Å². The summed E-state index contributed by atoms with van der Waals surface area (Å²) in [6.07, 6.45) is 0. The highest BCUT2D eigenvalue weighted by Crippen LogP contribution is 2.24. The summed E-state index contributed by atoms with van der Waals surface area (Å²) in [4.78, 5) is 0. The van der Waals surface area contributed by atoms with Gasteiger partial charge in [-0.1, -0.05) is 44.2 Å². The van der Waals surface area contributed by atoms with Gasteiger partial charge in [-0.3, -0.25) is 0 Å². The topological polar surface area (TPSA) is 0 Å². The summed E-state index contributed by atoms with van der Waals surface area (Å²) >= 11 is 0. The van der Waals surface area contributed by atoms with Crippen LogP contribution in [0.2, 0.25) is 0 Å². The molecule has 0 aliphatic heterocycles. The zero-order chi connectivity index (χ0) is 9.26. The molecule has 0 aliphatic rings. The second-order valence-electron chi connectivity index (χ2n) is 3.65. The van der Waals surface area contributed by atoms with Crippen LogP contribution in [-0.2, 0) is 0 Å². The van der Waals surface area contributed by atoms with Crippen molar-refractivity contribution in [3.05, 3.63) is 48.0 Å². The van der Waals surface area contributed by atoms with Crippen molar-refractivity contribution in [2.24, 2.45) is 0 Å². The first-order valence-corrected chi connectivity index (χ1v) is 4.68. The molecular formula is C13H13. The Kier molecular flexibility index (Phi) is 2.05. The molecule has 0 saturated heterocycles. The van der Waals surface area contributed by atoms with E-state index in [0.717, 1.165) is 0 Å². The molecule has 0 N–H and O–H groups in total. The molecule has 0 spiro atoms. The van der Waals surface area contributed by atoms with Crippen molar-refractivity contribution in [3.8, 4) is 0 Å². The Balaban J connectivity index is 2.76. The van der Waals surface area contributed by atoms with Gasteiger partial charge in [-0.2, -0.15) is 0 Å². The number of benzene rings is 2. The molecule has 0 heterocycles. The fourth-order valence-corrected chi connectivity index (χ4v) is 1.69. The molecule has 0 bridgehead atoms. The van der Waals surface area contributed by atoms with Gasteiger partial charge in [0.15, 0.2) is 0 Å². The maximum Gasteiger partial charge on any atom is -0.0143 e. The first-order valence-electron chi connectivity index (χ1n) is 4.68. The Morgan fingerprint density at radius 1 is 1.15 bits per heavy atom. The molecule has 13 heavy (non-hydrogen) atoms. The second-order valence-corrected chi connectivity index (χ2v) is 3.65. The zero-order valence-electron chi connectivity index (χ0n) is 8.04. The van der Waals surface area contributed by atoms with E-state index in [1.54, 1.807) is 0 Å². The number of hydrogen-bond acceptors (Lipinski definition) is 0. The summed E-state index contributed by atoms with van der Waals surface area (Å²) in [6, 6.07) is 15.7. The van der Waals surface area contributed by atoms with Crippen LogP contribution in [0.5, 0.6) is 0 Å². The Hall–Kier alpha value is -1.30. The monoisotopic (exact) mass is 169 g/mol. The van der Waals surface area contributed by atoms with Crippen LogP contribution in [-0.4, -0.2) is 0 Å². The molecule has 0 amide bonds. The van der Waals surface area contributed by atoms with Gasteiger partial charge < -0.3 is 0 Å². The molecule has 65 valence electrons. The van der Waals surface area contributed by atoms with Crippen LogP contribution >= 0.6 is 0 Å². The predicted molar refractivity (Wildman–Crippen MR) is 56.9 cm³/mol. The Bertz CT molecular complexity index is 408. The van der Waals surface area contributed by atoms with Gasteiger partial charge in [-0.25, -0.2) is 0 Å². The van der Waals surface area contributed by atoms with Crippen molar-refractivity contribution in [2.45, 2.75) is 19.8 Å². The van der Waals surface area contributed by atoms with E-state index in [1.807, 2.05) is 6.07 Å². The quantitative estimate of drug-likeness (QED) is 0.609. The molecular weight excluding hydrogens is 156 g/mol. The summed E-state index contributed by atoms with van der Waals surface area (Å²) < 4.78 is 0.